The van der Waals surface area contributed by atoms with E-state index in [1.165, 1.54) is 12.8 Å². The van der Waals surface area contributed by atoms with Gasteiger partial charge in [0.05, 0.1) is 0 Å². The Balaban J connectivity index is 2.20. The normalized spacial score (nSPS) is 38.1. The van der Waals surface area contributed by atoms with Crippen LogP contribution in [-0.2, 0) is 4.79 Å². The molecule has 2 atom stereocenters. The van der Waals surface area contributed by atoms with Crippen molar-refractivity contribution in [2.75, 3.05) is 12.4 Å². The molecule has 2 fully saturated rings. The summed E-state index contributed by atoms with van der Waals surface area (Å²) >= 11 is 5.65. The molecule has 1 saturated carbocycles. The largest absolute Gasteiger partial charge is 0.338 e. The summed E-state index contributed by atoms with van der Waals surface area (Å²) in [6, 6.07) is 0.435. The Morgan fingerprint density at radius 3 is 2.67 bits per heavy atom. The predicted molar refractivity (Wildman–Crippen MR) is 62.0 cm³/mol. The van der Waals surface area contributed by atoms with E-state index in [9.17, 15) is 4.79 Å². The average Bonchev–Trinajstić information content (AvgIpc) is 2.33. The number of carbonyl (C=O) groups excluding carboxylic acids is 1. The van der Waals surface area contributed by atoms with Crippen LogP contribution in [0.1, 0.15) is 40.0 Å². The van der Waals surface area contributed by atoms with Gasteiger partial charge >= 0.3 is 0 Å². The van der Waals surface area contributed by atoms with Gasteiger partial charge in [-0.15, -0.1) is 11.6 Å². The van der Waals surface area contributed by atoms with Crippen LogP contribution in [-0.4, -0.2) is 29.3 Å². The molecular formula is C12H20ClNO. The molecule has 15 heavy (non-hydrogen) atoms. The number of alkyl halides is 1. The van der Waals surface area contributed by atoms with E-state index in [1.807, 2.05) is 4.90 Å². The van der Waals surface area contributed by atoms with Crippen molar-refractivity contribution in [3.63, 3.8) is 0 Å². The molecule has 1 heterocycles. The zero-order valence-electron chi connectivity index (χ0n) is 9.85. The number of carbonyl (C=O) groups is 1. The van der Waals surface area contributed by atoms with Gasteiger partial charge in [-0.1, -0.05) is 20.8 Å². The summed E-state index contributed by atoms with van der Waals surface area (Å²) in [7, 11) is 0. The minimum atomic E-state index is 0.114. The SMILES string of the molecule is CC1(C)C[C@H]2C[C@@](C)(CN2C(=O)CCl)C1. The van der Waals surface area contributed by atoms with E-state index in [1.54, 1.807) is 0 Å². The van der Waals surface area contributed by atoms with Gasteiger partial charge in [-0.2, -0.15) is 0 Å². The van der Waals surface area contributed by atoms with Gasteiger partial charge in [0.2, 0.25) is 5.91 Å². The summed E-state index contributed by atoms with van der Waals surface area (Å²) in [5.41, 5.74) is 0.702. The lowest BCUT2D eigenvalue weighted by Crippen LogP contribution is -2.38. The third-order valence-corrected chi connectivity index (χ3v) is 4.08. The molecule has 2 aliphatic rings. The van der Waals surface area contributed by atoms with Gasteiger partial charge in [0.15, 0.2) is 0 Å². The molecule has 86 valence electrons. The van der Waals surface area contributed by atoms with E-state index in [0.717, 1.165) is 13.0 Å². The van der Waals surface area contributed by atoms with Crippen molar-refractivity contribution >= 4 is 17.5 Å². The summed E-state index contributed by atoms with van der Waals surface area (Å²) in [6.07, 6.45) is 3.52. The van der Waals surface area contributed by atoms with Crippen molar-refractivity contribution in [3.05, 3.63) is 0 Å². The lowest BCUT2D eigenvalue weighted by molar-refractivity contribution is -0.129. The zero-order chi connectivity index (χ0) is 11.3. The minimum Gasteiger partial charge on any atom is -0.338 e. The van der Waals surface area contributed by atoms with E-state index >= 15 is 0 Å². The van der Waals surface area contributed by atoms with E-state index in [0.29, 0.717) is 16.9 Å². The van der Waals surface area contributed by atoms with Gasteiger partial charge in [-0.05, 0) is 30.1 Å². The highest BCUT2D eigenvalue weighted by Gasteiger charge is 2.50. The lowest BCUT2D eigenvalue weighted by Gasteiger charge is -2.39. The molecule has 0 unspecified atom stereocenters. The van der Waals surface area contributed by atoms with Crippen LogP contribution in [0.2, 0.25) is 0 Å². The first kappa shape index (κ1) is 11.3. The first-order valence-corrected chi connectivity index (χ1v) is 6.24. The Morgan fingerprint density at radius 1 is 1.40 bits per heavy atom. The Morgan fingerprint density at radius 2 is 2.07 bits per heavy atom. The number of rotatable bonds is 1. The number of fused-ring (bicyclic) bond motifs is 2. The quantitative estimate of drug-likeness (QED) is 0.633. The van der Waals surface area contributed by atoms with Crippen LogP contribution in [0.15, 0.2) is 0 Å². The second-order valence-electron chi connectivity index (χ2n) is 6.37. The van der Waals surface area contributed by atoms with Gasteiger partial charge in [0.1, 0.15) is 5.88 Å². The number of hydrogen-bond donors (Lipinski definition) is 0. The van der Waals surface area contributed by atoms with Gasteiger partial charge in [0.25, 0.3) is 0 Å². The van der Waals surface area contributed by atoms with Crippen LogP contribution in [0, 0.1) is 10.8 Å². The average molecular weight is 230 g/mol. The fourth-order valence-electron chi connectivity index (χ4n) is 3.83. The molecule has 1 amide bonds. The van der Waals surface area contributed by atoms with Gasteiger partial charge in [-0.3, -0.25) is 4.79 Å². The second kappa shape index (κ2) is 3.38. The standard InChI is InChI=1S/C12H20ClNO/c1-11(2)4-9-5-12(3,7-11)8-14(9)10(15)6-13/h9H,4-8H2,1-3H3/t9-,12+/m0/s1. The molecule has 2 rings (SSSR count). The van der Waals surface area contributed by atoms with E-state index in [2.05, 4.69) is 20.8 Å². The molecule has 2 nitrogen and oxygen atoms in total. The number of nitrogens with zero attached hydrogens (tertiary/aromatic N) is 1. The van der Waals surface area contributed by atoms with Crippen LogP contribution in [0.4, 0.5) is 0 Å². The van der Waals surface area contributed by atoms with Gasteiger partial charge < -0.3 is 4.90 Å². The molecule has 0 N–H and O–H groups in total. The van der Waals surface area contributed by atoms with Crippen LogP contribution < -0.4 is 0 Å². The fourth-order valence-corrected chi connectivity index (χ4v) is 3.98. The maximum atomic E-state index is 11.7. The van der Waals surface area contributed by atoms with Gasteiger partial charge in [0, 0.05) is 12.6 Å². The van der Waals surface area contributed by atoms with Gasteiger partial charge in [-0.25, -0.2) is 0 Å². The third kappa shape index (κ3) is 2.01. The van der Waals surface area contributed by atoms with E-state index in [-0.39, 0.29) is 11.8 Å². The molecule has 0 aromatic rings. The Hall–Kier alpha value is -0.240. The molecule has 0 radical (unpaired) electrons. The van der Waals surface area contributed by atoms with Crippen molar-refractivity contribution < 1.29 is 4.79 Å². The summed E-state index contributed by atoms with van der Waals surface area (Å²) in [5.74, 6) is 0.246. The molecule has 0 aromatic carbocycles. The third-order valence-electron chi connectivity index (χ3n) is 3.85. The Labute approximate surface area is 97.0 Å². The van der Waals surface area contributed by atoms with Crippen molar-refractivity contribution in [3.8, 4) is 0 Å². The van der Waals surface area contributed by atoms with Crippen LogP contribution in [0.5, 0.6) is 0 Å². The smallest absolute Gasteiger partial charge is 0.237 e. The zero-order valence-corrected chi connectivity index (χ0v) is 10.6. The Kier molecular flexibility index (Phi) is 2.53. The number of halogens is 1. The molecule has 0 aromatic heterocycles. The van der Waals surface area contributed by atoms with Crippen molar-refractivity contribution in [2.45, 2.75) is 46.1 Å². The molecule has 2 bridgehead atoms. The molecule has 1 saturated heterocycles. The second-order valence-corrected chi connectivity index (χ2v) is 6.64. The fraction of sp³-hybridized carbons (Fsp3) is 0.917. The van der Waals surface area contributed by atoms with Crippen molar-refractivity contribution in [1.29, 1.82) is 0 Å². The molecular weight excluding hydrogens is 210 g/mol. The molecule has 1 aliphatic heterocycles. The summed E-state index contributed by atoms with van der Waals surface area (Å²) in [6.45, 7) is 7.84. The maximum Gasteiger partial charge on any atom is 0.237 e. The van der Waals surface area contributed by atoms with Crippen molar-refractivity contribution in [1.82, 2.24) is 4.90 Å². The highest BCUT2D eigenvalue weighted by Crippen LogP contribution is 2.52. The minimum absolute atomic E-state index is 0.114. The summed E-state index contributed by atoms with van der Waals surface area (Å²) in [4.78, 5) is 13.7. The van der Waals surface area contributed by atoms with E-state index < -0.39 is 0 Å². The molecule has 0 spiro atoms. The highest BCUT2D eigenvalue weighted by atomic mass is 35.5. The van der Waals surface area contributed by atoms with Crippen LogP contribution in [0.3, 0.4) is 0 Å². The monoisotopic (exact) mass is 229 g/mol. The number of likely N-dealkylation sites (tertiary alicyclic amines) is 1. The van der Waals surface area contributed by atoms with Crippen LogP contribution >= 0.6 is 11.6 Å². The Bertz CT molecular complexity index is 289. The van der Waals surface area contributed by atoms with Crippen molar-refractivity contribution in [2.24, 2.45) is 10.8 Å². The topological polar surface area (TPSA) is 20.3 Å². The first-order chi connectivity index (χ1) is 6.85. The highest BCUT2D eigenvalue weighted by molar-refractivity contribution is 6.27. The van der Waals surface area contributed by atoms with Crippen LogP contribution in [0.25, 0.3) is 0 Å². The first-order valence-electron chi connectivity index (χ1n) is 5.71. The maximum absolute atomic E-state index is 11.7. The number of amides is 1. The van der Waals surface area contributed by atoms with E-state index in [4.69, 9.17) is 11.6 Å². The summed E-state index contributed by atoms with van der Waals surface area (Å²) < 4.78 is 0. The molecule has 3 heteroatoms. The lowest BCUT2D eigenvalue weighted by atomic mass is 9.65. The predicted octanol–water partition coefficient (Wildman–Crippen LogP) is 2.65. The number of hydrogen-bond acceptors (Lipinski definition) is 1. The summed E-state index contributed by atoms with van der Waals surface area (Å²) in [5, 5.41) is 0. The molecule has 1 aliphatic carbocycles.